The molecule has 18 heteroatoms. The van der Waals surface area contributed by atoms with Crippen molar-refractivity contribution in [1.82, 2.24) is 10.0 Å². The Morgan fingerprint density at radius 3 is 2.33 bits per heavy atom. The highest BCUT2D eigenvalue weighted by Crippen LogP contribution is 2.32. The summed E-state index contributed by atoms with van der Waals surface area (Å²) in [4.78, 5) is 10.0. The van der Waals surface area contributed by atoms with Crippen LogP contribution in [-0.2, 0) is 29.0 Å². The summed E-state index contributed by atoms with van der Waals surface area (Å²) in [7, 11) is -2.67. The fourth-order valence-electron chi connectivity index (χ4n) is 5.79. The largest absolute Gasteiger partial charge is 0.388 e. The van der Waals surface area contributed by atoms with E-state index in [4.69, 9.17) is 36.1 Å². The second-order valence-corrected chi connectivity index (χ2v) is 13.2. The number of nitrogens with two attached hydrogens (primary N) is 3. The van der Waals surface area contributed by atoms with Crippen molar-refractivity contribution in [2.45, 2.75) is 104 Å². The molecule has 17 nitrogen and oxygen atoms in total. The molecule has 3 aliphatic rings. The molecule has 2 heterocycles. The highest BCUT2D eigenvalue weighted by Gasteiger charge is 2.51. The summed E-state index contributed by atoms with van der Waals surface area (Å²) in [5.41, 5.74) is 16.9. The van der Waals surface area contributed by atoms with Gasteiger partial charge in [-0.05, 0) is 39.3 Å². The predicted octanol–water partition coefficient (Wildman–Crippen LogP) is -3.05. The number of hydrogen-bond acceptors (Lipinski definition) is 15. The second kappa shape index (κ2) is 13.6. The average Bonchev–Trinajstić information content (AvgIpc) is 2.94. The van der Waals surface area contributed by atoms with Crippen LogP contribution in [0.15, 0.2) is 29.2 Å². The number of nitro groups is 1. The molecule has 11 N–H and O–H groups in total. The summed E-state index contributed by atoms with van der Waals surface area (Å²) < 4.78 is 51.5. The Bertz CT molecular complexity index is 1230. The molecule has 0 spiro atoms. The monoisotopic (exact) mass is 634 g/mol. The number of rotatable bonds is 10. The van der Waals surface area contributed by atoms with Gasteiger partial charge in [0.2, 0.25) is 10.0 Å². The molecule has 0 aromatic heterocycles. The van der Waals surface area contributed by atoms with E-state index in [-0.39, 0.29) is 19.6 Å². The first-order valence-electron chi connectivity index (χ1n) is 14.0. The normalized spacial score (nSPS) is 40.7. The number of para-hydroxylation sites is 1. The first-order valence-corrected chi connectivity index (χ1v) is 15.5. The molecule has 12 atom stereocenters. The first-order chi connectivity index (χ1) is 20.2. The second-order valence-electron chi connectivity index (χ2n) is 11.5. The number of aliphatic hydroxyl groups excluding tert-OH is 2. The van der Waals surface area contributed by atoms with Crippen molar-refractivity contribution in [3.63, 3.8) is 0 Å². The van der Waals surface area contributed by atoms with Crippen LogP contribution in [0.4, 0.5) is 5.69 Å². The van der Waals surface area contributed by atoms with Gasteiger partial charge in [-0.25, -0.2) is 13.1 Å². The van der Waals surface area contributed by atoms with Crippen LogP contribution in [0, 0.1) is 10.1 Å². The summed E-state index contributed by atoms with van der Waals surface area (Å²) >= 11 is 0. The quantitative estimate of drug-likeness (QED) is 0.0937. The predicted molar refractivity (Wildman–Crippen MR) is 150 cm³/mol. The van der Waals surface area contributed by atoms with Gasteiger partial charge in [0.05, 0.1) is 29.7 Å². The van der Waals surface area contributed by atoms with Gasteiger partial charge >= 0.3 is 0 Å². The van der Waals surface area contributed by atoms with Crippen molar-refractivity contribution in [2.24, 2.45) is 17.2 Å². The molecule has 1 aromatic carbocycles. The van der Waals surface area contributed by atoms with E-state index in [2.05, 4.69) is 10.0 Å². The van der Waals surface area contributed by atoms with E-state index in [9.17, 15) is 33.9 Å². The molecular formula is C25H42N6O11S. The lowest BCUT2D eigenvalue weighted by atomic mass is 9.84. The van der Waals surface area contributed by atoms with Crippen molar-refractivity contribution in [2.75, 3.05) is 20.2 Å². The van der Waals surface area contributed by atoms with Gasteiger partial charge in [0.15, 0.2) is 17.5 Å². The zero-order chi connectivity index (χ0) is 31.7. The first kappa shape index (κ1) is 34.0. The van der Waals surface area contributed by atoms with Crippen LogP contribution in [0.25, 0.3) is 0 Å². The number of ether oxygens (including phenoxy) is 4. The van der Waals surface area contributed by atoms with Crippen molar-refractivity contribution >= 4 is 15.7 Å². The molecule has 4 rings (SSSR count). The summed E-state index contributed by atoms with van der Waals surface area (Å²) in [6, 6.07) is 2.06. The lowest BCUT2D eigenvalue weighted by Gasteiger charge is -2.48. The number of nitrogens with one attached hydrogen (secondary N) is 2. The van der Waals surface area contributed by atoms with Crippen molar-refractivity contribution in [3.8, 4) is 0 Å². The third kappa shape index (κ3) is 7.50. The summed E-state index contributed by atoms with van der Waals surface area (Å²) in [6.45, 7) is 1.14. The van der Waals surface area contributed by atoms with Gasteiger partial charge in [-0.15, -0.1) is 0 Å². The van der Waals surface area contributed by atoms with E-state index in [0.29, 0.717) is 12.8 Å². The van der Waals surface area contributed by atoms with Gasteiger partial charge in [-0.1, -0.05) is 12.1 Å². The van der Waals surface area contributed by atoms with Crippen LogP contribution < -0.4 is 27.2 Å². The Hall–Kier alpha value is -1.91. The molecule has 1 saturated carbocycles. The van der Waals surface area contributed by atoms with Crippen LogP contribution in [0.3, 0.4) is 0 Å². The van der Waals surface area contributed by atoms with Gasteiger partial charge in [0, 0.05) is 24.7 Å². The molecular weight excluding hydrogens is 592 g/mol. The Morgan fingerprint density at radius 2 is 1.70 bits per heavy atom. The number of hydrogen-bond donors (Lipinski definition) is 8. The minimum Gasteiger partial charge on any atom is -0.388 e. The Labute approximate surface area is 249 Å². The number of nitrogens with zero attached hydrogens (tertiary/aromatic N) is 1. The average molecular weight is 635 g/mol. The molecule has 2 saturated heterocycles. The molecule has 0 radical (unpaired) electrons. The van der Waals surface area contributed by atoms with E-state index in [1.54, 1.807) is 7.05 Å². The van der Waals surface area contributed by atoms with E-state index in [1.165, 1.54) is 19.1 Å². The lowest BCUT2D eigenvalue weighted by Crippen LogP contribution is -2.68. The van der Waals surface area contributed by atoms with Crippen LogP contribution in [0.5, 0.6) is 0 Å². The van der Waals surface area contributed by atoms with E-state index < -0.39 is 98.4 Å². The van der Waals surface area contributed by atoms with Crippen LogP contribution >= 0.6 is 0 Å². The molecule has 0 unspecified atom stereocenters. The van der Waals surface area contributed by atoms with Crippen LogP contribution in [0.1, 0.15) is 26.2 Å². The van der Waals surface area contributed by atoms with Crippen molar-refractivity contribution < 1.29 is 47.6 Å². The fraction of sp³-hybridized carbons (Fsp3) is 0.760. The molecule has 0 bridgehead atoms. The number of likely N-dealkylation sites (N-methyl/N-ethyl adjacent to an activating group) is 1. The summed E-state index contributed by atoms with van der Waals surface area (Å²) in [5.74, 6) is 0. The Morgan fingerprint density at radius 1 is 1.07 bits per heavy atom. The Kier molecular flexibility index (Phi) is 10.8. The third-order valence-electron chi connectivity index (χ3n) is 8.14. The highest BCUT2D eigenvalue weighted by molar-refractivity contribution is 7.89. The molecule has 3 fully saturated rings. The molecule has 0 amide bonds. The van der Waals surface area contributed by atoms with Gasteiger partial charge < -0.3 is 56.8 Å². The highest BCUT2D eigenvalue weighted by atomic mass is 32.2. The lowest BCUT2D eigenvalue weighted by molar-refractivity contribution is -0.387. The molecule has 2 aliphatic heterocycles. The zero-order valence-electron chi connectivity index (χ0n) is 23.9. The minimum atomic E-state index is -4.24. The van der Waals surface area contributed by atoms with Gasteiger partial charge in [0.25, 0.3) is 5.69 Å². The standard InChI is InChI=1S/C25H42N6O11S/c1-25(34)11-39-24(19(33)22(25)29-2)42-21-15(28)9-14(27)20(18(21)32)41-23-13(26)8-7-12(40-23)10-30-43(37,38)17-6-4-3-5-16(17)31(35)36/h3-6,12-15,18-24,29-30,32-34H,7-11,26-28H2,1-2H3/t12-,13+,14-,15+,18-,19+,20+,21-,22+,23+,24+,25-/m0/s1. The number of aliphatic hydroxyl groups is 3. The summed E-state index contributed by atoms with van der Waals surface area (Å²) in [6.07, 6.45) is -6.91. The van der Waals surface area contributed by atoms with E-state index in [1.807, 2.05) is 0 Å². The van der Waals surface area contributed by atoms with Crippen molar-refractivity contribution in [1.29, 1.82) is 0 Å². The number of nitro benzene ring substituents is 1. The summed E-state index contributed by atoms with van der Waals surface area (Å²) in [5, 5.41) is 46.7. The maximum Gasteiger partial charge on any atom is 0.289 e. The van der Waals surface area contributed by atoms with E-state index in [0.717, 1.165) is 12.1 Å². The van der Waals surface area contributed by atoms with Gasteiger partial charge in [-0.3, -0.25) is 10.1 Å². The van der Waals surface area contributed by atoms with Gasteiger partial charge in [-0.2, -0.15) is 0 Å². The Balaban J connectivity index is 1.40. The van der Waals surface area contributed by atoms with Crippen molar-refractivity contribution in [3.05, 3.63) is 34.4 Å². The maximum absolute atomic E-state index is 12.8. The smallest absolute Gasteiger partial charge is 0.289 e. The SMILES string of the molecule is CN[C@@H]1[C@@H](O)[C@@H](O[C@@H]2[C@@H](O)[C@H](O[C@H]3O[C@H](CNS(=O)(=O)c4ccccc4[N+](=O)[O-])CC[C@H]3N)[C@@H](N)C[C@H]2N)OC[C@]1(C)O. The fourth-order valence-corrected chi connectivity index (χ4v) is 7.02. The topological polar surface area (TPSA) is 277 Å². The van der Waals surface area contributed by atoms with Crippen LogP contribution in [0.2, 0.25) is 0 Å². The molecule has 1 aromatic rings. The number of sulfonamides is 1. The third-order valence-corrected chi connectivity index (χ3v) is 9.61. The minimum absolute atomic E-state index is 0.148. The van der Waals surface area contributed by atoms with Gasteiger partial charge in [0.1, 0.15) is 30.0 Å². The molecule has 1 aliphatic carbocycles. The maximum atomic E-state index is 12.8. The number of benzene rings is 1. The van der Waals surface area contributed by atoms with E-state index >= 15 is 0 Å². The van der Waals surface area contributed by atoms with Crippen LogP contribution in [-0.4, -0.2) is 122 Å². The molecule has 244 valence electrons. The molecule has 43 heavy (non-hydrogen) atoms. The zero-order valence-corrected chi connectivity index (χ0v) is 24.7.